The van der Waals surface area contributed by atoms with Gasteiger partial charge in [0.25, 0.3) is 0 Å². The van der Waals surface area contributed by atoms with Crippen molar-refractivity contribution in [3.63, 3.8) is 0 Å². The van der Waals surface area contributed by atoms with Crippen molar-refractivity contribution in [1.82, 2.24) is 5.32 Å². The van der Waals surface area contributed by atoms with Crippen molar-refractivity contribution in [3.8, 4) is 0 Å². The van der Waals surface area contributed by atoms with Crippen LogP contribution in [0.5, 0.6) is 0 Å². The summed E-state index contributed by atoms with van der Waals surface area (Å²) in [6.07, 6.45) is 0. The van der Waals surface area contributed by atoms with E-state index in [0.717, 1.165) is 31.0 Å². The summed E-state index contributed by atoms with van der Waals surface area (Å²) in [6.45, 7) is 4.47. The molecule has 1 aliphatic rings. The second-order valence-corrected chi connectivity index (χ2v) is 3.70. The minimum atomic E-state index is 0.298. The Balaban J connectivity index is 2.18. The molecule has 0 spiro atoms. The van der Waals surface area contributed by atoms with Crippen molar-refractivity contribution in [3.05, 3.63) is 29.3 Å². The lowest BCUT2D eigenvalue weighted by molar-refractivity contribution is 0.0769. The van der Waals surface area contributed by atoms with Gasteiger partial charge in [-0.25, -0.2) is 0 Å². The summed E-state index contributed by atoms with van der Waals surface area (Å²) in [5, 5.41) is 3.40. The van der Waals surface area contributed by atoms with E-state index < -0.39 is 0 Å². The monoisotopic (exact) mass is 192 g/mol. The first kappa shape index (κ1) is 9.49. The molecule has 0 aliphatic carbocycles. The predicted octanol–water partition coefficient (Wildman–Crippen LogP) is 1.24. The number of ether oxygens (including phenoxy) is 1. The van der Waals surface area contributed by atoms with E-state index in [2.05, 4.69) is 17.4 Å². The predicted molar refractivity (Wildman–Crippen MR) is 57.2 cm³/mol. The van der Waals surface area contributed by atoms with Gasteiger partial charge in [-0.2, -0.15) is 0 Å². The first-order valence-corrected chi connectivity index (χ1v) is 4.94. The zero-order chi connectivity index (χ0) is 9.97. The van der Waals surface area contributed by atoms with E-state index in [1.807, 2.05) is 13.0 Å². The molecule has 1 saturated heterocycles. The molecule has 0 radical (unpaired) electrons. The average molecular weight is 192 g/mol. The van der Waals surface area contributed by atoms with E-state index in [0.29, 0.717) is 6.04 Å². The van der Waals surface area contributed by atoms with Crippen LogP contribution in [0.1, 0.15) is 17.2 Å². The largest absolute Gasteiger partial charge is 0.399 e. The van der Waals surface area contributed by atoms with Crippen molar-refractivity contribution in [2.75, 3.05) is 25.5 Å². The number of nitrogens with one attached hydrogen (secondary N) is 1. The average Bonchev–Trinajstić information content (AvgIpc) is 2.23. The van der Waals surface area contributed by atoms with Gasteiger partial charge in [-0.15, -0.1) is 0 Å². The maximum atomic E-state index is 5.86. The Morgan fingerprint density at radius 1 is 1.50 bits per heavy atom. The number of morpholine rings is 1. The third kappa shape index (κ3) is 1.89. The van der Waals surface area contributed by atoms with Gasteiger partial charge in [-0.1, -0.05) is 12.1 Å². The van der Waals surface area contributed by atoms with E-state index in [4.69, 9.17) is 10.5 Å². The number of rotatable bonds is 1. The van der Waals surface area contributed by atoms with Gasteiger partial charge in [-0.05, 0) is 24.1 Å². The van der Waals surface area contributed by atoms with Gasteiger partial charge in [0.1, 0.15) is 0 Å². The van der Waals surface area contributed by atoms with E-state index >= 15 is 0 Å². The third-order valence-corrected chi connectivity index (χ3v) is 2.63. The fraction of sp³-hybridized carbons (Fsp3) is 0.455. The van der Waals surface area contributed by atoms with Crippen LogP contribution in [0.3, 0.4) is 0 Å². The fourth-order valence-corrected chi connectivity index (χ4v) is 1.66. The van der Waals surface area contributed by atoms with E-state index in [9.17, 15) is 0 Å². The number of anilines is 1. The van der Waals surface area contributed by atoms with Crippen molar-refractivity contribution < 1.29 is 4.74 Å². The van der Waals surface area contributed by atoms with Crippen LogP contribution in [0.2, 0.25) is 0 Å². The Bertz CT molecular complexity index is 319. The summed E-state index contributed by atoms with van der Waals surface area (Å²) in [7, 11) is 0. The lowest BCUT2D eigenvalue weighted by atomic mass is 10.0. The Labute approximate surface area is 84.3 Å². The molecule has 1 atom stereocenters. The summed E-state index contributed by atoms with van der Waals surface area (Å²) in [4.78, 5) is 0. The Kier molecular flexibility index (Phi) is 2.70. The Morgan fingerprint density at radius 2 is 2.36 bits per heavy atom. The molecule has 1 fully saturated rings. The Morgan fingerprint density at radius 3 is 3.00 bits per heavy atom. The molecular weight excluding hydrogens is 176 g/mol. The molecule has 0 aromatic heterocycles. The second-order valence-electron chi connectivity index (χ2n) is 3.70. The standard InChI is InChI=1S/C11H16N2O/c1-8-2-3-9(6-10(8)12)11-7-14-5-4-13-11/h2-3,6,11,13H,4-5,7,12H2,1H3/t11-/m0/s1. The quantitative estimate of drug-likeness (QED) is 0.658. The highest BCUT2D eigenvalue weighted by atomic mass is 16.5. The molecule has 3 nitrogen and oxygen atoms in total. The number of benzene rings is 1. The molecular formula is C11H16N2O. The van der Waals surface area contributed by atoms with Gasteiger partial charge in [0, 0.05) is 12.2 Å². The van der Waals surface area contributed by atoms with Crippen LogP contribution in [-0.2, 0) is 4.74 Å². The summed E-state index contributed by atoms with van der Waals surface area (Å²) in [5.41, 5.74) is 9.06. The lowest BCUT2D eigenvalue weighted by Gasteiger charge is -2.24. The molecule has 3 N–H and O–H groups in total. The van der Waals surface area contributed by atoms with Crippen LogP contribution < -0.4 is 11.1 Å². The number of nitrogens with two attached hydrogens (primary N) is 1. The molecule has 0 bridgehead atoms. The van der Waals surface area contributed by atoms with Crippen molar-refractivity contribution in [1.29, 1.82) is 0 Å². The fourth-order valence-electron chi connectivity index (χ4n) is 1.66. The van der Waals surface area contributed by atoms with Crippen LogP contribution in [-0.4, -0.2) is 19.8 Å². The van der Waals surface area contributed by atoms with Crippen LogP contribution in [0.15, 0.2) is 18.2 Å². The topological polar surface area (TPSA) is 47.3 Å². The minimum absolute atomic E-state index is 0.298. The summed E-state index contributed by atoms with van der Waals surface area (Å²) >= 11 is 0. The lowest BCUT2D eigenvalue weighted by Crippen LogP contribution is -2.34. The SMILES string of the molecule is Cc1ccc([C@@H]2COCCN2)cc1N. The van der Waals surface area contributed by atoms with Crippen LogP contribution >= 0.6 is 0 Å². The highest BCUT2D eigenvalue weighted by molar-refractivity contribution is 5.49. The van der Waals surface area contributed by atoms with Crippen LogP contribution in [0, 0.1) is 6.92 Å². The maximum Gasteiger partial charge on any atom is 0.0662 e. The number of hydrogen-bond donors (Lipinski definition) is 2. The smallest absolute Gasteiger partial charge is 0.0662 e. The molecule has 0 saturated carbocycles. The molecule has 0 amide bonds. The van der Waals surface area contributed by atoms with Gasteiger partial charge >= 0.3 is 0 Å². The first-order valence-electron chi connectivity index (χ1n) is 4.94. The van der Waals surface area contributed by atoms with E-state index in [-0.39, 0.29) is 0 Å². The van der Waals surface area contributed by atoms with Crippen LogP contribution in [0.25, 0.3) is 0 Å². The van der Waals surface area contributed by atoms with Gasteiger partial charge in [0.15, 0.2) is 0 Å². The van der Waals surface area contributed by atoms with Crippen molar-refractivity contribution in [2.24, 2.45) is 0 Å². The van der Waals surface area contributed by atoms with Crippen LogP contribution in [0.4, 0.5) is 5.69 Å². The number of hydrogen-bond acceptors (Lipinski definition) is 3. The highest BCUT2D eigenvalue weighted by Gasteiger charge is 2.15. The number of aryl methyl sites for hydroxylation is 1. The summed E-state index contributed by atoms with van der Waals surface area (Å²) in [5.74, 6) is 0. The van der Waals surface area contributed by atoms with Gasteiger partial charge in [0.05, 0.1) is 19.3 Å². The van der Waals surface area contributed by atoms with Crippen molar-refractivity contribution >= 4 is 5.69 Å². The number of nitrogen functional groups attached to an aromatic ring is 1. The van der Waals surface area contributed by atoms with Crippen molar-refractivity contribution in [2.45, 2.75) is 13.0 Å². The first-order chi connectivity index (χ1) is 6.77. The van der Waals surface area contributed by atoms with Gasteiger partial charge in [0.2, 0.25) is 0 Å². The molecule has 3 heteroatoms. The van der Waals surface area contributed by atoms with E-state index in [1.54, 1.807) is 0 Å². The van der Waals surface area contributed by atoms with Gasteiger partial charge in [-0.3, -0.25) is 0 Å². The molecule has 2 rings (SSSR count). The Hall–Kier alpha value is -1.06. The molecule has 14 heavy (non-hydrogen) atoms. The zero-order valence-electron chi connectivity index (χ0n) is 8.42. The molecule has 1 aromatic rings. The molecule has 0 unspecified atom stereocenters. The minimum Gasteiger partial charge on any atom is -0.399 e. The third-order valence-electron chi connectivity index (χ3n) is 2.63. The summed E-state index contributed by atoms with van der Waals surface area (Å²) in [6, 6.07) is 6.49. The molecule has 1 heterocycles. The maximum absolute atomic E-state index is 5.86. The highest BCUT2D eigenvalue weighted by Crippen LogP contribution is 2.20. The molecule has 76 valence electrons. The summed E-state index contributed by atoms with van der Waals surface area (Å²) < 4.78 is 5.40. The zero-order valence-corrected chi connectivity index (χ0v) is 8.42. The van der Waals surface area contributed by atoms with E-state index in [1.165, 1.54) is 5.56 Å². The second kappa shape index (κ2) is 3.98. The normalized spacial score (nSPS) is 22.2. The van der Waals surface area contributed by atoms with Gasteiger partial charge < -0.3 is 15.8 Å². The molecule has 1 aromatic carbocycles. The molecule has 1 aliphatic heterocycles.